The van der Waals surface area contributed by atoms with Gasteiger partial charge in [-0.25, -0.2) is 4.39 Å². The number of benzene rings is 1. The number of nitrogens with zero attached hydrogens (tertiary/aromatic N) is 1. The van der Waals surface area contributed by atoms with Crippen LogP contribution in [0.25, 0.3) is 0 Å². The number of halogens is 2. The Balaban J connectivity index is 3.19. The zero-order valence-electron chi connectivity index (χ0n) is 8.75. The van der Waals surface area contributed by atoms with Crippen LogP contribution in [-0.2, 0) is 9.59 Å². The summed E-state index contributed by atoms with van der Waals surface area (Å²) in [4.78, 5) is 22.8. The van der Waals surface area contributed by atoms with E-state index in [4.69, 9.17) is 17.3 Å². The Bertz CT molecular complexity index is 462. The Labute approximate surface area is 96.8 Å². The van der Waals surface area contributed by atoms with Gasteiger partial charge < -0.3 is 10.6 Å². The second-order valence-electron chi connectivity index (χ2n) is 3.28. The minimum atomic E-state index is -1.13. The topological polar surface area (TPSA) is 63.4 Å². The Hall–Kier alpha value is -1.62. The van der Waals surface area contributed by atoms with E-state index in [2.05, 4.69) is 0 Å². The summed E-state index contributed by atoms with van der Waals surface area (Å²) in [5, 5.41) is 0.177. The monoisotopic (exact) mass is 244 g/mol. The number of nitrogens with two attached hydrogens (primary N) is 1. The van der Waals surface area contributed by atoms with Gasteiger partial charge in [-0.2, -0.15) is 0 Å². The van der Waals surface area contributed by atoms with Crippen LogP contribution >= 0.6 is 11.6 Å². The van der Waals surface area contributed by atoms with Gasteiger partial charge in [-0.3, -0.25) is 9.59 Å². The average molecular weight is 245 g/mol. The second-order valence-corrected chi connectivity index (χ2v) is 3.69. The molecule has 0 heterocycles. The smallest absolute Gasteiger partial charge is 0.315 e. The fraction of sp³-hybridized carbons (Fsp3) is 0.200. The summed E-state index contributed by atoms with van der Waals surface area (Å²) in [6.45, 7) is 1.54. The highest BCUT2D eigenvalue weighted by Gasteiger charge is 2.19. The largest absolute Gasteiger partial charge is 0.361 e. The first-order chi connectivity index (χ1) is 7.34. The quantitative estimate of drug-likeness (QED) is 0.756. The molecule has 0 radical (unpaired) electrons. The third-order valence-electron chi connectivity index (χ3n) is 2.10. The number of likely N-dealkylation sites (N-methyl/N-ethyl adjacent to an activating group) is 1. The number of carbonyl (C=O) groups excluding carboxylic acids is 2. The molecule has 0 aromatic heterocycles. The van der Waals surface area contributed by atoms with Gasteiger partial charge in [0.25, 0.3) is 0 Å². The lowest BCUT2D eigenvalue weighted by Gasteiger charge is -2.17. The summed E-state index contributed by atoms with van der Waals surface area (Å²) in [5.41, 5.74) is 5.29. The van der Waals surface area contributed by atoms with Crippen molar-refractivity contribution in [3.8, 4) is 0 Å². The summed E-state index contributed by atoms with van der Waals surface area (Å²) in [5.74, 6) is -2.59. The van der Waals surface area contributed by atoms with Gasteiger partial charge in [-0.15, -0.1) is 0 Å². The first-order valence-corrected chi connectivity index (χ1v) is 4.75. The lowest BCUT2D eigenvalue weighted by atomic mass is 10.2. The van der Waals surface area contributed by atoms with Crippen LogP contribution in [0.1, 0.15) is 5.56 Å². The van der Waals surface area contributed by atoms with Crippen LogP contribution in [-0.4, -0.2) is 18.9 Å². The van der Waals surface area contributed by atoms with Crippen LogP contribution in [0.15, 0.2) is 12.1 Å². The molecule has 0 bridgehead atoms. The highest BCUT2D eigenvalue weighted by atomic mass is 35.5. The van der Waals surface area contributed by atoms with Crippen LogP contribution in [0.5, 0.6) is 0 Å². The van der Waals surface area contributed by atoms with E-state index in [0.717, 1.165) is 11.0 Å². The Morgan fingerprint density at radius 3 is 2.50 bits per heavy atom. The standard InChI is InChI=1S/C10H10ClFN2O2/c1-5-3-6(11)8(4-7(5)12)14(2)10(16)9(13)15/h3-4H,1-2H3,(H2,13,15). The zero-order chi connectivity index (χ0) is 12.5. The Morgan fingerprint density at radius 2 is 2.00 bits per heavy atom. The highest BCUT2D eigenvalue weighted by molar-refractivity contribution is 6.41. The van der Waals surface area contributed by atoms with E-state index < -0.39 is 17.6 Å². The molecule has 0 atom stereocenters. The van der Waals surface area contributed by atoms with Crippen molar-refractivity contribution in [2.75, 3.05) is 11.9 Å². The van der Waals surface area contributed by atoms with Crippen molar-refractivity contribution < 1.29 is 14.0 Å². The van der Waals surface area contributed by atoms with Crippen molar-refractivity contribution in [3.63, 3.8) is 0 Å². The molecule has 86 valence electrons. The third-order valence-corrected chi connectivity index (χ3v) is 2.41. The fourth-order valence-electron chi connectivity index (χ4n) is 1.17. The van der Waals surface area contributed by atoms with E-state index in [9.17, 15) is 14.0 Å². The highest BCUT2D eigenvalue weighted by Crippen LogP contribution is 2.27. The van der Waals surface area contributed by atoms with Crippen LogP contribution in [0.4, 0.5) is 10.1 Å². The molecule has 2 amide bonds. The van der Waals surface area contributed by atoms with Gasteiger partial charge in [0, 0.05) is 7.05 Å². The van der Waals surface area contributed by atoms with Crippen molar-refractivity contribution in [1.82, 2.24) is 0 Å². The van der Waals surface area contributed by atoms with E-state index in [1.54, 1.807) is 6.92 Å². The molecule has 0 unspecified atom stereocenters. The van der Waals surface area contributed by atoms with Crippen molar-refractivity contribution in [2.45, 2.75) is 6.92 Å². The van der Waals surface area contributed by atoms with Gasteiger partial charge in [0.1, 0.15) is 5.82 Å². The van der Waals surface area contributed by atoms with Crippen molar-refractivity contribution in [1.29, 1.82) is 0 Å². The molecule has 1 aromatic carbocycles. The number of aryl methyl sites for hydroxylation is 1. The number of carbonyl (C=O) groups is 2. The first-order valence-electron chi connectivity index (χ1n) is 4.37. The van der Waals surface area contributed by atoms with Gasteiger partial charge in [0.15, 0.2) is 0 Å². The molecule has 0 saturated heterocycles. The molecule has 2 N–H and O–H groups in total. The van der Waals surface area contributed by atoms with Crippen molar-refractivity contribution >= 4 is 29.1 Å². The van der Waals surface area contributed by atoms with Crippen LogP contribution in [0.3, 0.4) is 0 Å². The minimum absolute atomic E-state index is 0.105. The SMILES string of the molecule is Cc1cc(Cl)c(N(C)C(=O)C(N)=O)cc1F. The predicted octanol–water partition coefficient (Wildman–Crippen LogP) is 1.24. The summed E-state index contributed by atoms with van der Waals surface area (Å²) >= 11 is 5.83. The summed E-state index contributed by atoms with van der Waals surface area (Å²) in [7, 11) is 1.29. The van der Waals surface area contributed by atoms with Crippen LogP contribution < -0.4 is 10.6 Å². The van der Waals surface area contributed by atoms with Crippen LogP contribution in [0.2, 0.25) is 5.02 Å². The van der Waals surface area contributed by atoms with E-state index >= 15 is 0 Å². The molecule has 0 aliphatic heterocycles. The Kier molecular flexibility index (Phi) is 3.49. The molecule has 0 aliphatic carbocycles. The van der Waals surface area contributed by atoms with Gasteiger partial charge >= 0.3 is 11.8 Å². The van der Waals surface area contributed by atoms with E-state index in [-0.39, 0.29) is 10.7 Å². The normalized spacial score (nSPS) is 10.0. The van der Waals surface area contributed by atoms with E-state index in [0.29, 0.717) is 5.56 Å². The summed E-state index contributed by atoms with van der Waals surface area (Å²) in [6, 6.07) is 2.45. The number of rotatable bonds is 1. The lowest BCUT2D eigenvalue weighted by molar-refractivity contribution is -0.135. The van der Waals surface area contributed by atoms with E-state index in [1.807, 2.05) is 0 Å². The molecule has 4 nitrogen and oxygen atoms in total. The molecular formula is C10H10ClFN2O2. The maximum Gasteiger partial charge on any atom is 0.315 e. The predicted molar refractivity (Wildman–Crippen MR) is 58.8 cm³/mol. The van der Waals surface area contributed by atoms with Gasteiger partial charge in [-0.1, -0.05) is 11.6 Å². The van der Waals surface area contributed by atoms with Crippen LogP contribution in [0, 0.1) is 12.7 Å². The molecule has 0 saturated carbocycles. The number of primary amides is 1. The Morgan fingerprint density at radius 1 is 1.44 bits per heavy atom. The maximum absolute atomic E-state index is 13.3. The molecule has 6 heteroatoms. The van der Waals surface area contributed by atoms with Gasteiger partial charge in [0.05, 0.1) is 10.7 Å². The molecule has 0 aliphatic rings. The molecule has 0 spiro atoms. The first kappa shape index (κ1) is 12.4. The summed E-state index contributed by atoms with van der Waals surface area (Å²) in [6.07, 6.45) is 0. The van der Waals surface area contributed by atoms with Crippen molar-refractivity contribution in [2.24, 2.45) is 5.73 Å². The number of amides is 2. The van der Waals surface area contributed by atoms with Crippen molar-refractivity contribution in [3.05, 3.63) is 28.5 Å². The molecule has 0 fully saturated rings. The van der Waals surface area contributed by atoms with Gasteiger partial charge in [0.2, 0.25) is 0 Å². The van der Waals surface area contributed by atoms with Gasteiger partial charge in [-0.05, 0) is 24.6 Å². The fourth-order valence-corrected chi connectivity index (χ4v) is 1.51. The molecule has 1 rings (SSSR count). The van der Waals surface area contributed by atoms with E-state index in [1.165, 1.54) is 13.1 Å². The molecule has 1 aromatic rings. The molecule has 16 heavy (non-hydrogen) atoms. The number of anilines is 1. The number of hydrogen-bond donors (Lipinski definition) is 1. The minimum Gasteiger partial charge on any atom is -0.361 e. The lowest BCUT2D eigenvalue weighted by Crippen LogP contribution is -2.37. The summed E-state index contributed by atoms with van der Waals surface area (Å²) < 4.78 is 13.3. The zero-order valence-corrected chi connectivity index (χ0v) is 9.51. The maximum atomic E-state index is 13.3. The average Bonchev–Trinajstić information content (AvgIpc) is 2.21. The second kappa shape index (κ2) is 4.49. The molecular weight excluding hydrogens is 235 g/mol. The number of hydrogen-bond acceptors (Lipinski definition) is 2. The third kappa shape index (κ3) is 2.30.